The van der Waals surface area contributed by atoms with Crippen molar-refractivity contribution in [3.8, 4) is 0 Å². The van der Waals surface area contributed by atoms with E-state index in [-0.39, 0.29) is 0 Å². The molecule has 3 heterocycles. The molecule has 0 atom stereocenters. The van der Waals surface area contributed by atoms with E-state index in [2.05, 4.69) is 31.2 Å². The third-order valence-corrected chi connectivity index (χ3v) is 3.03. The zero-order valence-electron chi connectivity index (χ0n) is 9.55. The molecule has 0 radical (unpaired) electrons. The van der Waals surface area contributed by atoms with E-state index in [0.717, 1.165) is 21.5 Å². The average Bonchev–Trinajstić information content (AvgIpc) is 2.79. The predicted molar refractivity (Wildman–Crippen MR) is 74.5 cm³/mol. The van der Waals surface area contributed by atoms with Crippen molar-refractivity contribution < 1.29 is 0 Å². The van der Waals surface area contributed by atoms with Gasteiger partial charge in [0.15, 0.2) is 0 Å². The standard InChI is InChI=1S/C13H11BrN4/c14-10-5-11(7-15-6-10)16-8-12-9-18-4-2-1-3-13(18)17-12/h1-7,9,16H,8H2. The van der Waals surface area contributed by atoms with Gasteiger partial charge in [-0.2, -0.15) is 0 Å². The Labute approximate surface area is 113 Å². The average molecular weight is 303 g/mol. The lowest BCUT2D eigenvalue weighted by Gasteiger charge is -2.03. The van der Waals surface area contributed by atoms with E-state index in [1.807, 2.05) is 41.1 Å². The Hall–Kier alpha value is -1.88. The van der Waals surface area contributed by atoms with Crippen molar-refractivity contribution in [1.29, 1.82) is 0 Å². The van der Waals surface area contributed by atoms with Crippen LogP contribution < -0.4 is 5.32 Å². The molecule has 0 saturated carbocycles. The summed E-state index contributed by atoms with van der Waals surface area (Å²) in [6.45, 7) is 0.680. The van der Waals surface area contributed by atoms with Gasteiger partial charge in [0.1, 0.15) is 5.65 Å². The number of halogens is 1. The normalized spacial score (nSPS) is 10.7. The lowest BCUT2D eigenvalue weighted by Crippen LogP contribution is -1.99. The number of aromatic nitrogens is 3. The number of pyridine rings is 2. The molecular weight excluding hydrogens is 292 g/mol. The molecule has 0 fully saturated rings. The van der Waals surface area contributed by atoms with E-state index in [1.54, 1.807) is 12.4 Å². The van der Waals surface area contributed by atoms with Crippen LogP contribution in [0.2, 0.25) is 0 Å². The number of rotatable bonds is 3. The monoisotopic (exact) mass is 302 g/mol. The number of fused-ring (bicyclic) bond motifs is 1. The van der Waals surface area contributed by atoms with Crippen molar-refractivity contribution in [2.45, 2.75) is 6.54 Å². The van der Waals surface area contributed by atoms with Gasteiger partial charge in [0.05, 0.1) is 24.1 Å². The van der Waals surface area contributed by atoms with Gasteiger partial charge in [0, 0.05) is 23.1 Å². The lowest BCUT2D eigenvalue weighted by atomic mass is 10.4. The van der Waals surface area contributed by atoms with E-state index < -0.39 is 0 Å². The highest BCUT2D eigenvalue weighted by Gasteiger charge is 2.01. The van der Waals surface area contributed by atoms with Crippen LogP contribution in [-0.4, -0.2) is 14.4 Å². The highest BCUT2D eigenvalue weighted by molar-refractivity contribution is 9.10. The van der Waals surface area contributed by atoms with Gasteiger partial charge in [-0.1, -0.05) is 6.07 Å². The zero-order valence-corrected chi connectivity index (χ0v) is 11.1. The Kier molecular flexibility index (Phi) is 2.98. The molecule has 3 aromatic heterocycles. The van der Waals surface area contributed by atoms with Gasteiger partial charge >= 0.3 is 0 Å². The fourth-order valence-electron chi connectivity index (χ4n) is 1.77. The van der Waals surface area contributed by atoms with Crippen LogP contribution >= 0.6 is 15.9 Å². The molecule has 3 rings (SSSR count). The van der Waals surface area contributed by atoms with E-state index in [0.29, 0.717) is 6.54 Å². The first-order valence-electron chi connectivity index (χ1n) is 5.58. The molecule has 0 aromatic carbocycles. The maximum absolute atomic E-state index is 4.52. The molecule has 4 nitrogen and oxygen atoms in total. The Morgan fingerprint density at radius 3 is 3.06 bits per heavy atom. The minimum absolute atomic E-state index is 0.680. The Balaban J connectivity index is 1.76. The first-order chi connectivity index (χ1) is 8.81. The first-order valence-corrected chi connectivity index (χ1v) is 6.37. The minimum Gasteiger partial charge on any atom is -0.378 e. The minimum atomic E-state index is 0.680. The maximum Gasteiger partial charge on any atom is 0.137 e. The van der Waals surface area contributed by atoms with Crippen molar-refractivity contribution in [2.24, 2.45) is 0 Å². The fraction of sp³-hybridized carbons (Fsp3) is 0.0769. The summed E-state index contributed by atoms with van der Waals surface area (Å²) in [5.74, 6) is 0. The van der Waals surface area contributed by atoms with Crippen LogP contribution in [0.3, 0.4) is 0 Å². The Morgan fingerprint density at radius 1 is 1.28 bits per heavy atom. The van der Waals surface area contributed by atoms with Crippen molar-refractivity contribution in [1.82, 2.24) is 14.4 Å². The maximum atomic E-state index is 4.52. The second kappa shape index (κ2) is 4.78. The number of hydrogen-bond acceptors (Lipinski definition) is 3. The summed E-state index contributed by atoms with van der Waals surface area (Å²) in [5, 5.41) is 3.29. The van der Waals surface area contributed by atoms with Crippen LogP contribution in [0.25, 0.3) is 5.65 Å². The van der Waals surface area contributed by atoms with E-state index in [4.69, 9.17) is 0 Å². The van der Waals surface area contributed by atoms with E-state index in [1.165, 1.54) is 0 Å². The molecule has 0 amide bonds. The van der Waals surface area contributed by atoms with Gasteiger partial charge in [-0.15, -0.1) is 0 Å². The van der Waals surface area contributed by atoms with Gasteiger partial charge in [-0.05, 0) is 34.1 Å². The summed E-state index contributed by atoms with van der Waals surface area (Å²) in [5.41, 5.74) is 2.93. The lowest BCUT2D eigenvalue weighted by molar-refractivity contribution is 1.07. The molecule has 0 aliphatic heterocycles. The molecule has 3 aromatic rings. The summed E-state index contributed by atoms with van der Waals surface area (Å²) in [7, 11) is 0. The molecule has 5 heteroatoms. The Bertz CT molecular complexity index is 644. The van der Waals surface area contributed by atoms with Gasteiger partial charge in [0.25, 0.3) is 0 Å². The fourth-order valence-corrected chi connectivity index (χ4v) is 2.14. The predicted octanol–water partition coefficient (Wildman–Crippen LogP) is 3.10. The summed E-state index contributed by atoms with van der Waals surface area (Å²) in [6, 6.07) is 7.95. The van der Waals surface area contributed by atoms with Crippen molar-refractivity contribution in [2.75, 3.05) is 5.32 Å². The highest BCUT2D eigenvalue weighted by Crippen LogP contribution is 2.14. The van der Waals surface area contributed by atoms with Crippen LogP contribution in [0.15, 0.2) is 53.5 Å². The molecule has 0 bridgehead atoms. The second-order valence-electron chi connectivity index (χ2n) is 3.94. The van der Waals surface area contributed by atoms with Crippen molar-refractivity contribution in [3.05, 3.63) is 59.2 Å². The highest BCUT2D eigenvalue weighted by atomic mass is 79.9. The Morgan fingerprint density at radius 2 is 2.22 bits per heavy atom. The molecule has 0 spiro atoms. The third kappa shape index (κ3) is 2.36. The quantitative estimate of drug-likeness (QED) is 0.808. The number of nitrogens with zero attached hydrogens (tertiary/aromatic N) is 3. The SMILES string of the molecule is Brc1cncc(NCc2cn3ccccc3n2)c1. The molecule has 0 aliphatic rings. The first kappa shape index (κ1) is 11.2. The molecule has 1 N–H and O–H groups in total. The van der Waals surface area contributed by atoms with Gasteiger partial charge in [-0.3, -0.25) is 4.98 Å². The van der Waals surface area contributed by atoms with Crippen LogP contribution in [0.5, 0.6) is 0 Å². The van der Waals surface area contributed by atoms with Crippen molar-refractivity contribution >= 4 is 27.3 Å². The molecule has 0 unspecified atom stereocenters. The van der Waals surface area contributed by atoms with Crippen LogP contribution in [0.1, 0.15) is 5.69 Å². The zero-order chi connectivity index (χ0) is 12.4. The van der Waals surface area contributed by atoms with Gasteiger partial charge in [0.2, 0.25) is 0 Å². The summed E-state index contributed by atoms with van der Waals surface area (Å²) >= 11 is 3.39. The molecule has 18 heavy (non-hydrogen) atoms. The van der Waals surface area contributed by atoms with E-state index in [9.17, 15) is 0 Å². The third-order valence-electron chi connectivity index (χ3n) is 2.59. The molecule has 0 aliphatic carbocycles. The van der Waals surface area contributed by atoms with Crippen LogP contribution in [0.4, 0.5) is 5.69 Å². The van der Waals surface area contributed by atoms with Crippen LogP contribution in [-0.2, 0) is 6.54 Å². The number of hydrogen-bond donors (Lipinski definition) is 1. The number of imidazole rings is 1. The summed E-state index contributed by atoms with van der Waals surface area (Å²) in [4.78, 5) is 8.62. The van der Waals surface area contributed by atoms with E-state index >= 15 is 0 Å². The van der Waals surface area contributed by atoms with Crippen LogP contribution in [0, 0.1) is 0 Å². The van der Waals surface area contributed by atoms with Gasteiger partial charge < -0.3 is 9.72 Å². The number of anilines is 1. The van der Waals surface area contributed by atoms with Crippen molar-refractivity contribution in [3.63, 3.8) is 0 Å². The topological polar surface area (TPSA) is 42.2 Å². The molecule has 90 valence electrons. The smallest absolute Gasteiger partial charge is 0.137 e. The second-order valence-corrected chi connectivity index (χ2v) is 4.86. The van der Waals surface area contributed by atoms with Gasteiger partial charge in [-0.25, -0.2) is 4.98 Å². The summed E-state index contributed by atoms with van der Waals surface area (Å²) < 4.78 is 2.97. The summed E-state index contributed by atoms with van der Waals surface area (Å²) in [6.07, 6.45) is 7.57. The molecule has 0 saturated heterocycles. The molecular formula is C13H11BrN4. The number of nitrogens with one attached hydrogen (secondary N) is 1. The largest absolute Gasteiger partial charge is 0.378 e.